The third-order valence-electron chi connectivity index (χ3n) is 2.25. The van der Waals surface area contributed by atoms with Gasteiger partial charge in [0.2, 0.25) is 0 Å². The van der Waals surface area contributed by atoms with E-state index in [1.807, 2.05) is 6.07 Å². The van der Waals surface area contributed by atoms with Gasteiger partial charge in [-0.2, -0.15) is 5.26 Å². The minimum atomic E-state index is -1.35. The molecular weight excluding hydrogens is 262 g/mol. The first-order valence-corrected chi connectivity index (χ1v) is 5.33. The van der Waals surface area contributed by atoms with Gasteiger partial charge in [0, 0.05) is 18.6 Å². The van der Waals surface area contributed by atoms with Crippen molar-refractivity contribution in [1.29, 1.82) is 5.26 Å². The highest BCUT2D eigenvalue weighted by Gasteiger charge is 2.19. The van der Waals surface area contributed by atoms with Crippen LogP contribution in [0.5, 0.6) is 0 Å². The summed E-state index contributed by atoms with van der Waals surface area (Å²) in [5.74, 6) is -1.92. The molecule has 0 spiro atoms. The van der Waals surface area contributed by atoms with Crippen molar-refractivity contribution in [2.24, 2.45) is 0 Å². The fourth-order valence-corrected chi connectivity index (χ4v) is 1.37. The molecule has 0 aromatic carbocycles. The number of carboxylic acids is 1. The fourth-order valence-electron chi connectivity index (χ4n) is 1.37. The van der Waals surface area contributed by atoms with Crippen LogP contribution < -0.4 is 5.32 Å². The van der Waals surface area contributed by atoms with Crippen molar-refractivity contribution in [3.63, 3.8) is 0 Å². The molecule has 8 heteroatoms. The van der Waals surface area contributed by atoms with Gasteiger partial charge in [-0.05, 0) is 12.1 Å². The van der Waals surface area contributed by atoms with Gasteiger partial charge < -0.3 is 10.4 Å². The number of pyridine rings is 1. The van der Waals surface area contributed by atoms with Gasteiger partial charge in [-0.25, -0.2) is 19.7 Å². The van der Waals surface area contributed by atoms with Crippen LogP contribution in [0.2, 0.25) is 0 Å². The molecule has 2 aromatic rings. The zero-order valence-electron chi connectivity index (χ0n) is 9.94. The maximum Gasteiger partial charge on any atom is 0.356 e. The Morgan fingerprint density at radius 3 is 2.40 bits per heavy atom. The molecular formula is C12H7N5O3. The molecule has 20 heavy (non-hydrogen) atoms. The number of carbonyl (C=O) groups excluding carboxylic acids is 1. The van der Waals surface area contributed by atoms with Crippen molar-refractivity contribution in [2.45, 2.75) is 0 Å². The van der Waals surface area contributed by atoms with Crippen molar-refractivity contribution >= 4 is 17.7 Å². The molecule has 0 atom stereocenters. The molecule has 0 aliphatic rings. The summed E-state index contributed by atoms with van der Waals surface area (Å²) in [6.45, 7) is 0. The van der Waals surface area contributed by atoms with Crippen LogP contribution in [0.4, 0.5) is 5.82 Å². The molecule has 2 heterocycles. The van der Waals surface area contributed by atoms with Gasteiger partial charge >= 0.3 is 5.97 Å². The molecule has 98 valence electrons. The number of hydrogen-bond donors (Lipinski definition) is 2. The SMILES string of the molecule is N#Cc1ccc(NC(=O)c2nccnc2C(=O)O)nc1. The highest BCUT2D eigenvalue weighted by molar-refractivity contribution is 6.08. The average molecular weight is 269 g/mol. The number of carbonyl (C=O) groups is 2. The van der Waals surface area contributed by atoms with Gasteiger partial charge in [-0.1, -0.05) is 0 Å². The zero-order valence-corrected chi connectivity index (χ0v) is 9.94. The first kappa shape index (κ1) is 13.1. The molecule has 0 radical (unpaired) electrons. The number of aromatic nitrogens is 3. The average Bonchev–Trinajstić information content (AvgIpc) is 2.48. The number of nitriles is 1. The molecule has 0 saturated heterocycles. The topological polar surface area (TPSA) is 129 Å². The number of amides is 1. The third kappa shape index (κ3) is 2.73. The summed E-state index contributed by atoms with van der Waals surface area (Å²) in [6, 6.07) is 4.78. The fraction of sp³-hybridized carbons (Fsp3) is 0. The summed E-state index contributed by atoms with van der Waals surface area (Å²) in [4.78, 5) is 34.0. The number of nitrogens with zero attached hydrogens (tertiary/aromatic N) is 4. The van der Waals surface area contributed by atoms with E-state index in [0.717, 1.165) is 0 Å². The lowest BCUT2D eigenvalue weighted by atomic mass is 10.2. The molecule has 0 saturated carbocycles. The highest BCUT2D eigenvalue weighted by Crippen LogP contribution is 2.08. The van der Waals surface area contributed by atoms with Crippen LogP contribution in [-0.4, -0.2) is 31.9 Å². The quantitative estimate of drug-likeness (QED) is 0.838. The molecule has 0 aliphatic carbocycles. The van der Waals surface area contributed by atoms with Gasteiger partial charge in [-0.3, -0.25) is 4.79 Å². The lowest BCUT2D eigenvalue weighted by Crippen LogP contribution is -2.19. The number of rotatable bonds is 3. The Morgan fingerprint density at radius 2 is 1.85 bits per heavy atom. The van der Waals surface area contributed by atoms with Gasteiger partial charge in [0.25, 0.3) is 5.91 Å². The van der Waals surface area contributed by atoms with Crippen LogP contribution in [0, 0.1) is 11.3 Å². The Balaban J connectivity index is 2.24. The lowest BCUT2D eigenvalue weighted by Gasteiger charge is -2.05. The Hall–Kier alpha value is -3.34. The Morgan fingerprint density at radius 1 is 1.15 bits per heavy atom. The van der Waals surface area contributed by atoms with E-state index in [4.69, 9.17) is 10.4 Å². The predicted octanol–water partition coefficient (Wildman–Crippen LogP) is 0.694. The molecule has 0 unspecified atom stereocenters. The Labute approximate surface area is 112 Å². The van der Waals surface area contributed by atoms with E-state index < -0.39 is 17.6 Å². The summed E-state index contributed by atoms with van der Waals surface area (Å²) < 4.78 is 0. The second-order valence-corrected chi connectivity index (χ2v) is 3.56. The van der Waals surface area contributed by atoms with Crippen LogP contribution in [-0.2, 0) is 0 Å². The van der Waals surface area contributed by atoms with Crippen molar-refractivity contribution in [3.8, 4) is 6.07 Å². The van der Waals surface area contributed by atoms with Gasteiger partial charge in [0.1, 0.15) is 11.9 Å². The molecule has 2 rings (SSSR count). The van der Waals surface area contributed by atoms with Gasteiger partial charge in [-0.15, -0.1) is 0 Å². The summed E-state index contributed by atoms with van der Waals surface area (Å²) in [6.07, 6.45) is 3.68. The van der Waals surface area contributed by atoms with Crippen molar-refractivity contribution in [3.05, 3.63) is 47.7 Å². The summed E-state index contributed by atoms with van der Waals surface area (Å²) in [7, 11) is 0. The predicted molar refractivity (Wildman–Crippen MR) is 65.9 cm³/mol. The smallest absolute Gasteiger partial charge is 0.356 e. The number of aromatic carboxylic acids is 1. The molecule has 0 bridgehead atoms. The minimum Gasteiger partial charge on any atom is -0.476 e. The van der Waals surface area contributed by atoms with Crippen molar-refractivity contribution in [2.75, 3.05) is 5.32 Å². The number of hydrogen-bond acceptors (Lipinski definition) is 6. The number of anilines is 1. The molecule has 0 aliphatic heterocycles. The van der Waals surface area contributed by atoms with E-state index >= 15 is 0 Å². The van der Waals surface area contributed by atoms with Crippen LogP contribution in [0.15, 0.2) is 30.7 Å². The van der Waals surface area contributed by atoms with E-state index in [1.165, 1.54) is 30.7 Å². The van der Waals surface area contributed by atoms with E-state index in [9.17, 15) is 9.59 Å². The molecule has 8 nitrogen and oxygen atoms in total. The second-order valence-electron chi connectivity index (χ2n) is 3.56. The summed E-state index contributed by atoms with van der Waals surface area (Å²) in [5.41, 5.74) is -0.418. The standard InChI is InChI=1S/C12H7N5O3/c13-5-7-1-2-8(16-6-7)17-11(18)9-10(12(19)20)15-4-3-14-9/h1-4,6H,(H,19,20)(H,16,17,18). The van der Waals surface area contributed by atoms with E-state index in [0.29, 0.717) is 5.56 Å². The third-order valence-corrected chi connectivity index (χ3v) is 2.25. The normalized spacial score (nSPS) is 9.55. The maximum atomic E-state index is 11.9. The largest absolute Gasteiger partial charge is 0.476 e. The monoisotopic (exact) mass is 269 g/mol. The van der Waals surface area contributed by atoms with Crippen molar-refractivity contribution < 1.29 is 14.7 Å². The van der Waals surface area contributed by atoms with Gasteiger partial charge in [0.05, 0.1) is 5.56 Å². The molecule has 1 amide bonds. The van der Waals surface area contributed by atoms with E-state index in [2.05, 4.69) is 20.3 Å². The minimum absolute atomic E-state index is 0.177. The van der Waals surface area contributed by atoms with Crippen LogP contribution in [0.1, 0.15) is 26.5 Å². The summed E-state index contributed by atoms with van der Waals surface area (Å²) >= 11 is 0. The van der Waals surface area contributed by atoms with Crippen LogP contribution in [0.25, 0.3) is 0 Å². The lowest BCUT2D eigenvalue weighted by molar-refractivity contribution is 0.0685. The van der Waals surface area contributed by atoms with Gasteiger partial charge in [0.15, 0.2) is 11.4 Å². The van der Waals surface area contributed by atoms with Crippen molar-refractivity contribution in [1.82, 2.24) is 15.0 Å². The maximum absolute atomic E-state index is 11.9. The Bertz CT molecular complexity index is 706. The second kappa shape index (κ2) is 5.53. The first-order valence-electron chi connectivity index (χ1n) is 5.33. The van der Waals surface area contributed by atoms with Crippen LogP contribution in [0.3, 0.4) is 0 Å². The molecule has 2 aromatic heterocycles. The van der Waals surface area contributed by atoms with E-state index in [-0.39, 0.29) is 11.5 Å². The first-order chi connectivity index (χ1) is 9.61. The summed E-state index contributed by atoms with van der Waals surface area (Å²) in [5, 5.41) is 19.9. The Kier molecular flexibility index (Phi) is 3.63. The highest BCUT2D eigenvalue weighted by atomic mass is 16.4. The van der Waals surface area contributed by atoms with Crippen LogP contribution >= 0.6 is 0 Å². The molecule has 2 N–H and O–H groups in total. The number of nitrogens with one attached hydrogen (secondary N) is 1. The number of carboxylic acid groups (broad SMARTS) is 1. The zero-order chi connectivity index (χ0) is 14.5. The van der Waals surface area contributed by atoms with E-state index in [1.54, 1.807) is 0 Å². The molecule has 0 fully saturated rings.